The maximum atomic E-state index is 11.8. The third-order valence-corrected chi connectivity index (χ3v) is 7.16. The van der Waals surface area contributed by atoms with Crippen LogP contribution in [0.4, 0.5) is 4.79 Å². The minimum atomic E-state index is -1.61. The van der Waals surface area contributed by atoms with Crippen LogP contribution in [0.2, 0.25) is 19.1 Å². The van der Waals surface area contributed by atoms with Gasteiger partial charge in [0.25, 0.3) is 0 Å². The zero-order chi connectivity index (χ0) is 22.2. The average molecular weight is 434 g/mol. The topological polar surface area (TPSA) is 135 Å². The fourth-order valence-corrected chi connectivity index (χ4v) is 4.74. The molecule has 1 heterocycles. The van der Waals surface area contributed by atoms with Crippen LogP contribution in [-0.2, 0) is 19.0 Å². The van der Waals surface area contributed by atoms with E-state index in [0.717, 1.165) is 18.9 Å². The minimum Gasteiger partial charge on any atom is -0.499 e. The summed E-state index contributed by atoms with van der Waals surface area (Å²) in [6.45, 7) is 9.52. The van der Waals surface area contributed by atoms with Crippen molar-refractivity contribution in [1.29, 1.82) is 0 Å². The fraction of sp³-hybridized carbons (Fsp3) is 0.789. The van der Waals surface area contributed by atoms with Crippen molar-refractivity contribution in [3.05, 3.63) is 11.5 Å². The van der Waals surface area contributed by atoms with Crippen molar-refractivity contribution in [2.75, 3.05) is 19.4 Å². The van der Waals surface area contributed by atoms with E-state index >= 15 is 0 Å². The van der Waals surface area contributed by atoms with Gasteiger partial charge in [-0.05, 0) is 27.2 Å². The Hall–Kier alpha value is -1.78. The first-order valence-corrected chi connectivity index (χ1v) is 13.3. The first-order chi connectivity index (χ1) is 13.4. The maximum Gasteiger partial charge on any atom is 0.407 e. The molecule has 29 heavy (non-hydrogen) atoms. The summed E-state index contributed by atoms with van der Waals surface area (Å²) in [5.74, 6) is -1.76. The summed E-state index contributed by atoms with van der Waals surface area (Å²) in [7, 11) is -1.61. The predicted octanol–water partition coefficient (Wildman–Crippen LogP) is 1.99. The smallest absolute Gasteiger partial charge is 0.407 e. The Morgan fingerprint density at radius 3 is 2.52 bits per heavy atom. The van der Waals surface area contributed by atoms with Crippen LogP contribution in [0.15, 0.2) is 11.5 Å². The largest absolute Gasteiger partial charge is 0.499 e. The second kappa shape index (κ2) is 10.8. The molecule has 9 nitrogen and oxygen atoms in total. The number of carbonyl (C=O) groups excluding carboxylic acids is 2. The number of aliphatic hydroxyl groups is 3. The van der Waals surface area contributed by atoms with Crippen molar-refractivity contribution >= 4 is 20.1 Å². The molecule has 0 bridgehead atoms. The van der Waals surface area contributed by atoms with Crippen molar-refractivity contribution in [3.63, 3.8) is 0 Å². The van der Waals surface area contributed by atoms with Crippen LogP contribution in [0.25, 0.3) is 0 Å². The standard InChI is InChI=1S/C19H35NO8Si/c1-19(2,3)28-18(25)20-12-29(4,5)10-8-6-7-9-26-16-14(23)17(24)27-15(16)13(22)11-21/h13,15,21-23H,6-12H2,1-5H3,(H,20,25)/t13-,15+/m0/s1. The van der Waals surface area contributed by atoms with Gasteiger partial charge < -0.3 is 34.8 Å². The normalized spacial score (nSPS) is 18.4. The molecule has 4 N–H and O–H groups in total. The Kier molecular flexibility index (Phi) is 9.44. The lowest BCUT2D eigenvalue weighted by Crippen LogP contribution is -2.44. The number of cyclic esters (lactones) is 1. The summed E-state index contributed by atoms with van der Waals surface area (Å²) < 4.78 is 15.5. The minimum absolute atomic E-state index is 0.132. The summed E-state index contributed by atoms with van der Waals surface area (Å²) in [6, 6.07) is 1.02. The summed E-state index contributed by atoms with van der Waals surface area (Å²) in [5.41, 5.74) is -0.513. The van der Waals surface area contributed by atoms with E-state index in [-0.39, 0.29) is 12.4 Å². The molecule has 1 rings (SSSR count). The first kappa shape index (κ1) is 25.3. The molecule has 0 aromatic heterocycles. The number of unbranched alkanes of at least 4 members (excludes halogenated alkanes) is 2. The van der Waals surface area contributed by atoms with Gasteiger partial charge in [-0.15, -0.1) is 0 Å². The Morgan fingerprint density at radius 1 is 1.28 bits per heavy atom. The fourth-order valence-electron chi connectivity index (χ4n) is 2.74. The van der Waals surface area contributed by atoms with Crippen molar-refractivity contribution in [2.24, 2.45) is 0 Å². The van der Waals surface area contributed by atoms with Gasteiger partial charge in [0.05, 0.1) is 21.3 Å². The third kappa shape index (κ3) is 9.05. The number of rotatable bonds is 11. The quantitative estimate of drug-likeness (QED) is 0.221. The number of ether oxygens (including phenoxy) is 3. The zero-order valence-corrected chi connectivity index (χ0v) is 19.0. The lowest BCUT2D eigenvalue weighted by Gasteiger charge is -2.25. The van der Waals surface area contributed by atoms with E-state index in [1.807, 2.05) is 20.8 Å². The van der Waals surface area contributed by atoms with Gasteiger partial charge in [0.2, 0.25) is 5.76 Å². The van der Waals surface area contributed by atoms with E-state index in [1.165, 1.54) is 0 Å². The van der Waals surface area contributed by atoms with Gasteiger partial charge in [-0.2, -0.15) is 0 Å². The number of amides is 1. The Balaban J connectivity index is 2.29. The average Bonchev–Trinajstić information content (AvgIpc) is 2.89. The molecular formula is C19H35NO8Si. The number of hydrogen-bond donors (Lipinski definition) is 4. The number of esters is 1. The van der Waals surface area contributed by atoms with Crippen LogP contribution in [0.5, 0.6) is 0 Å². The molecule has 0 aliphatic carbocycles. The predicted molar refractivity (Wildman–Crippen MR) is 109 cm³/mol. The van der Waals surface area contributed by atoms with E-state index in [1.54, 1.807) is 0 Å². The molecule has 10 heteroatoms. The molecule has 1 aliphatic rings. The molecule has 1 aliphatic heterocycles. The molecule has 2 atom stereocenters. The second-order valence-electron chi connectivity index (χ2n) is 8.97. The molecule has 0 radical (unpaired) electrons. The lowest BCUT2D eigenvalue weighted by molar-refractivity contribution is -0.148. The van der Waals surface area contributed by atoms with Gasteiger partial charge in [-0.25, -0.2) is 9.59 Å². The van der Waals surface area contributed by atoms with Gasteiger partial charge >= 0.3 is 12.1 Å². The number of hydrogen-bond acceptors (Lipinski definition) is 8. The van der Waals surface area contributed by atoms with E-state index in [0.29, 0.717) is 12.6 Å². The monoisotopic (exact) mass is 433 g/mol. The van der Waals surface area contributed by atoms with Gasteiger partial charge in [0, 0.05) is 6.17 Å². The van der Waals surface area contributed by atoms with Gasteiger partial charge in [0.1, 0.15) is 11.7 Å². The highest BCUT2D eigenvalue weighted by Crippen LogP contribution is 2.25. The highest BCUT2D eigenvalue weighted by Gasteiger charge is 2.40. The van der Waals surface area contributed by atoms with Gasteiger partial charge in [-0.3, -0.25) is 0 Å². The number of carbonyl (C=O) groups is 2. The van der Waals surface area contributed by atoms with Crippen molar-refractivity contribution < 1.29 is 39.1 Å². The molecular weight excluding hydrogens is 398 g/mol. The Labute approximate surface area is 173 Å². The number of aliphatic hydroxyl groups excluding tert-OH is 3. The van der Waals surface area contributed by atoms with Crippen molar-refractivity contribution in [1.82, 2.24) is 5.32 Å². The maximum absolute atomic E-state index is 11.8. The Bertz CT molecular complexity index is 600. The highest BCUT2D eigenvalue weighted by molar-refractivity contribution is 6.77. The van der Waals surface area contributed by atoms with Gasteiger partial charge in [-0.1, -0.05) is 32.0 Å². The van der Waals surface area contributed by atoms with Crippen LogP contribution >= 0.6 is 0 Å². The molecule has 0 aromatic carbocycles. The molecule has 1 amide bonds. The van der Waals surface area contributed by atoms with E-state index in [2.05, 4.69) is 18.4 Å². The van der Waals surface area contributed by atoms with Crippen LogP contribution in [0, 0.1) is 0 Å². The van der Waals surface area contributed by atoms with Gasteiger partial charge in [0.15, 0.2) is 11.9 Å². The molecule has 0 unspecified atom stereocenters. The summed E-state index contributed by atoms with van der Waals surface area (Å²) in [6.07, 6.45) is 0.241. The number of alkyl carbamates (subject to hydrolysis) is 1. The van der Waals surface area contributed by atoms with Crippen molar-refractivity contribution in [2.45, 2.75) is 77.0 Å². The lowest BCUT2D eigenvalue weighted by atomic mass is 10.2. The molecule has 168 valence electrons. The molecule has 0 spiro atoms. The zero-order valence-electron chi connectivity index (χ0n) is 18.0. The van der Waals surface area contributed by atoms with E-state index < -0.39 is 50.3 Å². The first-order valence-electron chi connectivity index (χ1n) is 9.89. The third-order valence-electron chi connectivity index (χ3n) is 4.32. The van der Waals surface area contributed by atoms with Crippen molar-refractivity contribution in [3.8, 4) is 0 Å². The summed E-state index contributed by atoms with van der Waals surface area (Å²) in [4.78, 5) is 23.2. The number of nitrogens with one attached hydrogen (secondary N) is 1. The summed E-state index contributed by atoms with van der Waals surface area (Å²) in [5, 5.41) is 31.2. The highest BCUT2D eigenvalue weighted by atomic mass is 28.3. The summed E-state index contributed by atoms with van der Waals surface area (Å²) >= 11 is 0. The van der Waals surface area contributed by atoms with Crippen LogP contribution in [-0.4, -0.2) is 72.6 Å². The van der Waals surface area contributed by atoms with Crippen LogP contribution in [0.1, 0.15) is 40.0 Å². The molecule has 0 saturated carbocycles. The van der Waals surface area contributed by atoms with Crippen LogP contribution < -0.4 is 5.32 Å². The Morgan fingerprint density at radius 2 is 1.93 bits per heavy atom. The second-order valence-corrected chi connectivity index (χ2v) is 14.1. The van der Waals surface area contributed by atoms with E-state index in [9.17, 15) is 19.8 Å². The molecule has 0 fully saturated rings. The SMILES string of the molecule is CC(C)(C)OC(=O)NC[Si](C)(C)CCCCCOC1=C(O)C(=O)O[C@@H]1[C@@H](O)CO. The van der Waals surface area contributed by atoms with E-state index in [4.69, 9.17) is 19.3 Å². The van der Waals surface area contributed by atoms with Crippen LogP contribution in [0.3, 0.4) is 0 Å². The molecule has 0 aromatic rings. The molecule has 0 saturated heterocycles.